The number of nitrogens with zero attached hydrogens (tertiary/aromatic N) is 1. The molecule has 0 heterocycles. The monoisotopic (exact) mass is 454 g/mol. The van der Waals surface area contributed by atoms with Gasteiger partial charge in [0.25, 0.3) is 5.66 Å². The molecule has 1 aromatic rings. The van der Waals surface area contributed by atoms with E-state index in [-0.39, 0.29) is 17.7 Å². The number of alkyl halides is 3. The molecule has 0 aliphatic rings. The maximum Gasteiger partial charge on any atom is 0.275 e. The van der Waals surface area contributed by atoms with Crippen LogP contribution in [-0.4, -0.2) is 37.1 Å². The Bertz CT molecular complexity index is 629. The first-order chi connectivity index (χ1) is 13.1. The Morgan fingerprint density at radius 3 is 2.57 bits per heavy atom. The minimum atomic E-state index is -2.90. The zero-order chi connectivity index (χ0) is 21.3. The molecule has 8 heteroatoms. The minimum absolute atomic E-state index is 0.122. The molecule has 1 N–H and O–H groups in total. The van der Waals surface area contributed by atoms with Crippen LogP contribution in [0.15, 0.2) is 18.2 Å². The van der Waals surface area contributed by atoms with Gasteiger partial charge in [0.05, 0.1) is 19.1 Å². The van der Waals surface area contributed by atoms with Gasteiger partial charge in [0.15, 0.2) is 5.90 Å². The highest BCUT2D eigenvalue weighted by atomic mass is 35.5. The smallest absolute Gasteiger partial charge is 0.275 e. The van der Waals surface area contributed by atoms with Crippen LogP contribution in [-0.2, 0) is 4.74 Å². The van der Waals surface area contributed by atoms with Crippen LogP contribution in [0, 0.1) is 11.3 Å². The zero-order valence-corrected chi connectivity index (χ0v) is 19.4. The van der Waals surface area contributed by atoms with Gasteiger partial charge in [-0.2, -0.15) is 0 Å². The quantitative estimate of drug-likeness (QED) is 0.163. The van der Waals surface area contributed by atoms with E-state index in [1.807, 2.05) is 26.8 Å². The summed E-state index contributed by atoms with van der Waals surface area (Å²) in [7, 11) is 1.61. The van der Waals surface area contributed by atoms with Gasteiger partial charge in [-0.1, -0.05) is 41.1 Å². The number of hydrogen-bond acceptors (Lipinski definition) is 3. The molecule has 28 heavy (non-hydrogen) atoms. The van der Waals surface area contributed by atoms with Crippen molar-refractivity contribution < 1.29 is 13.5 Å². The highest BCUT2D eigenvalue weighted by molar-refractivity contribution is 7.18. The number of anilines is 1. The van der Waals surface area contributed by atoms with E-state index < -0.39 is 12.2 Å². The highest BCUT2D eigenvalue weighted by Gasteiger charge is 2.28. The number of benzene rings is 1. The molecule has 0 spiro atoms. The molecule has 3 nitrogen and oxygen atoms in total. The number of hydrogen-bond donors (Lipinski definition) is 1. The molecular formula is C20H31Cl2F2N2OP. The van der Waals surface area contributed by atoms with Crippen LogP contribution >= 0.6 is 32.4 Å². The lowest BCUT2D eigenvalue weighted by Gasteiger charge is -2.31. The lowest BCUT2D eigenvalue weighted by Crippen LogP contribution is -2.36. The van der Waals surface area contributed by atoms with Crippen LogP contribution in [0.1, 0.15) is 51.5 Å². The SMILES string of the molecule is CCOC(=N)C(CCCCl)c1cc(N(CC(C)CC)CC(F)(F)P)ccc1Cl. The summed E-state index contributed by atoms with van der Waals surface area (Å²) in [5, 5.41) is 8.76. The predicted molar refractivity (Wildman–Crippen MR) is 120 cm³/mol. The Morgan fingerprint density at radius 2 is 2.04 bits per heavy atom. The summed E-state index contributed by atoms with van der Waals surface area (Å²) in [6.45, 7) is 6.39. The molecule has 0 amide bonds. The van der Waals surface area contributed by atoms with Gasteiger partial charge < -0.3 is 9.64 Å². The third kappa shape index (κ3) is 8.39. The van der Waals surface area contributed by atoms with E-state index >= 15 is 0 Å². The van der Waals surface area contributed by atoms with Gasteiger partial charge in [-0.25, -0.2) is 8.78 Å². The average molecular weight is 455 g/mol. The van der Waals surface area contributed by atoms with Crippen molar-refractivity contribution in [1.82, 2.24) is 0 Å². The van der Waals surface area contributed by atoms with E-state index in [0.717, 1.165) is 6.42 Å². The van der Waals surface area contributed by atoms with Crippen LogP contribution < -0.4 is 4.90 Å². The number of halogens is 4. The van der Waals surface area contributed by atoms with Crippen molar-refractivity contribution in [3.8, 4) is 0 Å². The lowest BCUT2D eigenvalue weighted by molar-refractivity contribution is 0.111. The second-order valence-electron chi connectivity index (χ2n) is 7.04. The molecule has 0 aliphatic heterocycles. The lowest BCUT2D eigenvalue weighted by atomic mass is 9.93. The van der Waals surface area contributed by atoms with Gasteiger partial charge in [-0.05, 0) is 49.4 Å². The van der Waals surface area contributed by atoms with Gasteiger partial charge in [0.2, 0.25) is 0 Å². The van der Waals surface area contributed by atoms with Crippen molar-refractivity contribution in [1.29, 1.82) is 5.41 Å². The Hall–Kier alpha value is -0.640. The Balaban J connectivity index is 3.29. The van der Waals surface area contributed by atoms with Crippen molar-refractivity contribution >= 4 is 44.0 Å². The van der Waals surface area contributed by atoms with Crippen molar-refractivity contribution in [2.24, 2.45) is 5.92 Å². The molecule has 0 saturated heterocycles. The van der Waals surface area contributed by atoms with E-state index in [4.69, 9.17) is 33.3 Å². The van der Waals surface area contributed by atoms with Crippen molar-refractivity contribution in [2.75, 3.05) is 30.5 Å². The molecule has 1 aromatic carbocycles. The molecule has 0 saturated carbocycles. The molecule has 3 unspecified atom stereocenters. The number of ether oxygens (including phenoxy) is 1. The largest absolute Gasteiger partial charge is 0.481 e. The van der Waals surface area contributed by atoms with Gasteiger partial charge in [-0.15, -0.1) is 11.6 Å². The van der Waals surface area contributed by atoms with Crippen molar-refractivity contribution in [3.05, 3.63) is 28.8 Å². The molecule has 0 bridgehead atoms. The van der Waals surface area contributed by atoms with E-state index in [1.165, 1.54) is 0 Å². The van der Waals surface area contributed by atoms with Crippen LogP contribution in [0.25, 0.3) is 0 Å². The normalized spacial score (nSPS) is 13.9. The molecular weight excluding hydrogens is 424 g/mol. The van der Waals surface area contributed by atoms with Crippen molar-refractivity contribution in [3.63, 3.8) is 0 Å². The van der Waals surface area contributed by atoms with Gasteiger partial charge in [0.1, 0.15) is 0 Å². The highest BCUT2D eigenvalue weighted by Crippen LogP contribution is 2.35. The van der Waals surface area contributed by atoms with Crippen LogP contribution in [0.4, 0.5) is 14.5 Å². The molecule has 160 valence electrons. The number of rotatable bonds is 12. The van der Waals surface area contributed by atoms with Gasteiger partial charge in [-0.3, -0.25) is 5.41 Å². The van der Waals surface area contributed by atoms with Crippen LogP contribution in [0.2, 0.25) is 5.02 Å². The predicted octanol–water partition coefficient (Wildman–Crippen LogP) is 6.78. The molecule has 0 radical (unpaired) electrons. The first kappa shape index (κ1) is 25.4. The molecule has 0 aliphatic carbocycles. The van der Waals surface area contributed by atoms with Crippen LogP contribution in [0.3, 0.4) is 0 Å². The average Bonchev–Trinajstić information content (AvgIpc) is 2.61. The summed E-state index contributed by atoms with van der Waals surface area (Å²) in [6.07, 6.45) is 2.20. The zero-order valence-electron chi connectivity index (χ0n) is 16.8. The molecule has 3 atom stereocenters. The van der Waals surface area contributed by atoms with E-state index in [0.29, 0.717) is 48.1 Å². The summed E-state index contributed by atoms with van der Waals surface area (Å²) < 4.78 is 33.0. The third-order valence-corrected chi connectivity index (χ3v) is 5.39. The molecule has 0 fully saturated rings. The summed E-state index contributed by atoms with van der Waals surface area (Å²) in [4.78, 5) is 1.68. The first-order valence-corrected chi connectivity index (χ1v) is 11.1. The summed E-state index contributed by atoms with van der Waals surface area (Å²) in [6, 6.07) is 5.28. The first-order valence-electron chi connectivity index (χ1n) is 9.61. The maximum atomic E-state index is 13.8. The van der Waals surface area contributed by atoms with Gasteiger partial charge in [0, 0.05) is 23.1 Å². The topological polar surface area (TPSA) is 36.3 Å². The van der Waals surface area contributed by atoms with Crippen molar-refractivity contribution in [2.45, 2.75) is 51.6 Å². The minimum Gasteiger partial charge on any atom is -0.481 e. The second kappa shape index (κ2) is 12.1. The standard InChI is InChI=1S/C20H31Cl2F2N2OP/c1-4-14(3)12-26(13-20(23,24)28)15-8-9-18(22)17(11-15)16(7-6-10-21)19(25)27-5-2/h8-9,11,14,16,25H,4-7,10,12-13,28H2,1-3H3. The fourth-order valence-electron chi connectivity index (χ4n) is 2.98. The fourth-order valence-corrected chi connectivity index (χ4v) is 3.61. The maximum absolute atomic E-state index is 13.8. The van der Waals surface area contributed by atoms with E-state index in [2.05, 4.69) is 0 Å². The number of nitrogens with one attached hydrogen (secondary N) is 1. The van der Waals surface area contributed by atoms with E-state index in [1.54, 1.807) is 26.3 Å². The second-order valence-corrected chi connectivity index (χ2v) is 8.67. The Labute approximate surface area is 179 Å². The fraction of sp³-hybridized carbons (Fsp3) is 0.650. The van der Waals surface area contributed by atoms with E-state index in [9.17, 15) is 8.78 Å². The Kier molecular flexibility index (Phi) is 11.0. The van der Waals surface area contributed by atoms with Gasteiger partial charge >= 0.3 is 0 Å². The summed E-state index contributed by atoms with van der Waals surface area (Å²) >= 11 is 12.3. The molecule has 1 rings (SSSR count). The van der Waals surface area contributed by atoms with Crippen LogP contribution in [0.5, 0.6) is 0 Å². The molecule has 0 aromatic heterocycles. The third-order valence-electron chi connectivity index (χ3n) is 4.59. The Morgan fingerprint density at radius 1 is 1.36 bits per heavy atom. The summed E-state index contributed by atoms with van der Waals surface area (Å²) in [5.74, 6) is 0.497. The summed E-state index contributed by atoms with van der Waals surface area (Å²) in [5.41, 5.74) is -1.52.